The summed E-state index contributed by atoms with van der Waals surface area (Å²) in [5.41, 5.74) is 0.616. The number of ether oxygens (including phenoxy) is 3. The molecule has 1 atom stereocenters. The first-order valence-corrected chi connectivity index (χ1v) is 8.74. The lowest BCUT2D eigenvalue weighted by Crippen LogP contribution is -2.35. The van der Waals surface area contributed by atoms with Crippen LogP contribution in [0.15, 0.2) is 71.9 Å². The number of nitrogens with zero attached hydrogens (tertiary/aromatic N) is 1. The fraction of sp³-hybridized carbons (Fsp3) is 0.0909. The maximum absolute atomic E-state index is 11.6. The normalized spacial score (nSPS) is 16.6. The molecule has 0 fully saturated rings. The number of benzene rings is 3. The second-order valence-corrected chi connectivity index (χ2v) is 6.39. The molecule has 1 aliphatic rings. The van der Waals surface area contributed by atoms with Gasteiger partial charge in [-0.2, -0.15) is 0 Å². The Bertz CT molecular complexity index is 1110. The molecular weight excluding hydrogens is 374 g/mol. The molecule has 0 bridgehead atoms. The van der Waals surface area contributed by atoms with Gasteiger partial charge in [0.1, 0.15) is 22.9 Å². The maximum atomic E-state index is 11.6. The number of esters is 1. The van der Waals surface area contributed by atoms with E-state index in [0.717, 1.165) is 0 Å². The van der Waals surface area contributed by atoms with Crippen LogP contribution in [0.25, 0.3) is 0 Å². The molecule has 4 rings (SSSR count). The Hall–Kier alpha value is -4.00. The van der Waals surface area contributed by atoms with E-state index in [0.29, 0.717) is 34.7 Å². The van der Waals surface area contributed by atoms with Gasteiger partial charge >= 0.3 is 5.97 Å². The van der Waals surface area contributed by atoms with E-state index in [1.807, 2.05) is 30.3 Å². The molecule has 1 aliphatic heterocycles. The van der Waals surface area contributed by atoms with Crippen molar-refractivity contribution in [1.29, 1.82) is 0 Å². The van der Waals surface area contributed by atoms with E-state index in [1.54, 1.807) is 18.2 Å². The van der Waals surface area contributed by atoms with Crippen LogP contribution in [-0.4, -0.2) is 12.4 Å². The lowest BCUT2D eigenvalue weighted by molar-refractivity contribution is -0.137. The minimum absolute atomic E-state index is 0.163. The summed E-state index contributed by atoms with van der Waals surface area (Å²) in [7, 11) is 0. The Labute approximate surface area is 165 Å². The summed E-state index contributed by atoms with van der Waals surface area (Å²) in [6.45, 7) is 1.67. The fourth-order valence-corrected chi connectivity index (χ4v) is 3.57. The van der Waals surface area contributed by atoms with Gasteiger partial charge in [-0.1, -0.05) is 30.3 Å². The van der Waals surface area contributed by atoms with Crippen LogP contribution in [0.4, 0.5) is 5.69 Å². The first-order valence-electron chi connectivity index (χ1n) is 8.74. The van der Waals surface area contributed by atoms with Crippen LogP contribution in [0.1, 0.15) is 23.6 Å². The smallest absolute Gasteiger partial charge is 0.308 e. The van der Waals surface area contributed by atoms with Gasteiger partial charge in [-0.3, -0.25) is 9.59 Å². The summed E-state index contributed by atoms with van der Waals surface area (Å²) in [4.78, 5) is 34.0. The highest BCUT2D eigenvalue weighted by molar-refractivity contribution is 5.71. The molecule has 0 spiro atoms. The molecule has 7 heteroatoms. The number of hydrogen-bond acceptors (Lipinski definition) is 7. The van der Waals surface area contributed by atoms with Gasteiger partial charge in [-0.05, 0) is 29.4 Å². The molecular formula is C22H15NO6. The zero-order valence-electron chi connectivity index (χ0n) is 15.3. The molecule has 0 saturated carbocycles. The van der Waals surface area contributed by atoms with Crippen molar-refractivity contribution in [2.75, 3.05) is 0 Å². The van der Waals surface area contributed by atoms with Gasteiger partial charge in [0.05, 0.1) is 0 Å². The van der Waals surface area contributed by atoms with Crippen LogP contribution < -0.4 is 9.47 Å². The van der Waals surface area contributed by atoms with Crippen LogP contribution in [0.3, 0.4) is 0 Å². The van der Waals surface area contributed by atoms with Gasteiger partial charge in [-0.25, -0.2) is 0 Å². The van der Waals surface area contributed by atoms with Crippen molar-refractivity contribution >= 4 is 18.1 Å². The van der Waals surface area contributed by atoms with E-state index < -0.39 is 11.6 Å². The molecule has 1 unspecified atom stereocenters. The lowest BCUT2D eigenvalue weighted by Gasteiger charge is -2.39. The SMILES string of the molecule is CC(=O)Oc1ccc2c(c1)Oc1cc(N=O)ccc1C2(OC=O)c1ccccc1. The fourth-order valence-electron chi connectivity index (χ4n) is 3.57. The minimum atomic E-state index is -1.32. The third-order valence-electron chi connectivity index (χ3n) is 4.67. The van der Waals surface area contributed by atoms with E-state index in [9.17, 15) is 14.5 Å². The Morgan fingerprint density at radius 1 is 1.00 bits per heavy atom. The standard InChI is InChI=1S/C22H15NO6/c1-14(25)28-17-8-10-19-21(12-17)29-20-11-16(23-26)7-9-18(20)22(19,27-13-24)15-5-3-2-4-6-15/h2-13H,1H3. The van der Waals surface area contributed by atoms with Crippen molar-refractivity contribution in [3.05, 3.63) is 88.3 Å². The van der Waals surface area contributed by atoms with Crippen LogP contribution in [0.2, 0.25) is 0 Å². The van der Waals surface area contributed by atoms with Crippen molar-refractivity contribution < 1.29 is 23.8 Å². The second kappa shape index (κ2) is 7.20. The number of hydrogen-bond donors (Lipinski definition) is 0. The van der Waals surface area contributed by atoms with Gasteiger partial charge in [0.25, 0.3) is 6.47 Å². The summed E-state index contributed by atoms with van der Waals surface area (Å²) in [6.07, 6.45) is 0. The van der Waals surface area contributed by atoms with Crippen LogP contribution in [0.5, 0.6) is 17.2 Å². The second-order valence-electron chi connectivity index (χ2n) is 6.39. The molecule has 29 heavy (non-hydrogen) atoms. The van der Waals surface area contributed by atoms with Crippen LogP contribution in [0, 0.1) is 4.91 Å². The number of nitroso groups, excluding NO2 is 1. The molecule has 0 aromatic heterocycles. The third-order valence-corrected chi connectivity index (χ3v) is 4.67. The predicted octanol–water partition coefficient (Wildman–Crippen LogP) is 4.58. The van der Waals surface area contributed by atoms with E-state index in [2.05, 4.69) is 5.18 Å². The highest BCUT2D eigenvalue weighted by Crippen LogP contribution is 2.53. The molecule has 0 amide bonds. The lowest BCUT2D eigenvalue weighted by atomic mass is 9.77. The largest absolute Gasteiger partial charge is 0.456 e. The van der Waals surface area contributed by atoms with Gasteiger partial charge in [0.2, 0.25) is 0 Å². The minimum Gasteiger partial charge on any atom is -0.456 e. The number of carbonyl (C=O) groups excluding carboxylic acids is 2. The summed E-state index contributed by atoms with van der Waals surface area (Å²) in [6, 6.07) is 18.6. The Morgan fingerprint density at radius 3 is 2.34 bits per heavy atom. The van der Waals surface area contributed by atoms with E-state index in [1.165, 1.54) is 25.1 Å². The van der Waals surface area contributed by atoms with Gasteiger partial charge in [0, 0.05) is 35.7 Å². The van der Waals surface area contributed by atoms with E-state index >= 15 is 0 Å². The zero-order chi connectivity index (χ0) is 20.4. The first kappa shape index (κ1) is 18.4. The Kier molecular flexibility index (Phi) is 4.56. The first-order chi connectivity index (χ1) is 14.1. The van der Waals surface area contributed by atoms with Crippen molar-refractivity contribution in [3.63, 3.8) is 0 Å². The molecule has 0 aliphatic carbocycles. The van der Waals surface area contributed by atoms with Crippen molar-refractivity contribution in [2.45, 2.75) is 12.5 Å². The van der Waals surface area contributed by atoms with Crippen molar-refractivity contribution in [1.82, 2.24) is 0 Å². The summed E-state index contributed by atoms with van der Waals surface area (Å²) < 4.78 is 16.9. The summed E-state index contributed by atoms with van der Waals surface area (Å²) in [5.74, 6) is 0.426. The molecule has 7 nitrogen and oxygen atoms in total. The molecule has 144 valence electrons. The molecule has 3 aromatic carbocycles. The highest BCUT2D eigenvalue weighted by Gasteiger charge is 2.46. The zero-order valence-corrected chi connectivity index (χ0v) is 15.3. The predicted molar refractivity (Wildman–Crippen MR) is 103 cm³/mol. The summed E-state index contributed by atoms with van der Waals surface area (Å²) in [5, 5.41) is 2.95. The molecule has 0 radical (unpaired) electrons. The average Bonchev–Trinajstić information content (AvgIpc) is 2.73. The highest BCUT2D eigenvalue weighted by atomic mass is 16.6. The molecule has 0 N–H and O–H groups in total. The molecule has 3 aromatic rings. The molecule has 1 heterocycles. The van der Waals surface area contributed by atoms with Gasteiger partial charge in [-0.15, -0.1) is 4.91 Å². The summed E-state index contributed by atoms with van der Waals surface area (Å²) >= 11 is 0. The number of fused-ring (bicyclic) bond motifs is 2. The van der Waals surface area contributed by atoms with E-state index in [-0.39, 0.29) is 11.4 Å². The van der Waals surface area contributed by atoms with Crippen molar-refractivity contribution in [3.8, 4) is 17.2 Å². The maximum Gasteiger partial charge on any atom is 0.308 e. The molecule has 0 saturated heterocycles. The average molecular weight is 389 g/mol. The Balaban J connectivity index is 2.02. The van der Waals surface area contributed by atoms with E-state index in [4.69, 9.17) is 14.2 Å². The monoisotopic (exact) mass is 389 g/mol. The quantitative estimate of drug-likeness (QED) is 0.275. The third kappa shape index (κ3) is 3.02. The number of rotatable bonds is 5. The van der Waals surface area contributed by atoms with Gasteiger partial charge < -0.3 is 14.2 Å². The Morgan fingerprint density at radius 2 is 1.69 bits per heavy atom. The topological polar surface area (TPSA) is 91.3 Å². The van der Waals surface area contributed by atoms with Crippen LogP contribution in [-0.2, 0) is 19.9 Å². The number of carbonyl (C=O) groups is 2. The van der Waals surface area contributed by atoms with Crippen LogP contribution >= 0.6 is 0 Å². The van der Waals surface area contributed by atoms with Gasteiger partial charge in [0.15, 0.2) is 5.60 Å². The van der Waals surface area contributed by atoms with Crippen molar-refractivity contribution in [2.24, 2.45) is 5.18 Å².